The van der Waals surface area contributed by atoms with Gasteiger partial charge in [0.1, 0.15) is 18.4 Å². The minimum absolute atomic E-state index is 0.163. The molecule has 0 aliphatic heterocycles. The Morgan fingerprint density at radius 3 is 2.30 bits per heavy atom. The third kappa shape index (κ3) is 7.26. The van der Waals surface area contributed by atoms with Crippen molar-refractivity contribution in [1.29, 1.82) is 0 Å². The zero-order valence-corrected chi connectivity index (χ0v) is 21.7. The highest BCUT2D eigenvalue weighted by molar-refractivity contribution is 9.10. The predicted molar refractivity (Wildman–Crippen MR) is 131 cm³/mol. The second-order valence-corrected chi connectivity index (χ2v) is 10.9. The number of amides is 2. The Hall–Kier alpha value is -2.46. The number of halogens is 2. The second-order valence-electron chi connectivity index (χ2n) is 8.16. The molecule has 0 spiro atoms. The molecule has 7 nitrogen and oxygen atoms in total. The average molecular weight is 542 g/mol. The van der Waals surface area contributed by atoms with Gasteiger partial charge in [-0.3, -0.25) is 13.9 Å². The lowest BCUT2D eigenvalue weighted by Gasteiger charge is -2.32. The zero-order valence-electron chi connectivity index (χ0n) is 19.3. The minimum Gasteiger partial charge on any atom is -0.352 e. The van der Waals surface area contributed by atoms with Crippen LogP contribution in [-0.4, -0.2) is 50.0 Å². The van der Waals surface area contributed by atoms with Crippen molar-refractivity contribution in [1.82, 2.24) is 10.2 Å². The van der Waals surface area contributed by atoms with Crippen LogP contribution in [0.25, 0.3) is 0 Å². The number of carbonyl (C=O) groups excluding carboxylic acids is 2. The Kier molecular flexibility index (Phi) is 9.02. The Bertz CT molecular complexity index is 1120. The van der Waals surface area contributed by atoms with Crippen LogP contribution in [0.15, 0.2) is 46.9 Å². The van der Waals surface area contributed by atoms with Crippen molar-refractivity contribution in [3.05, 3.63) is 63.9 Å². The van der Waals surface area contributed by atoms with Gasteiger partial charge in [0.15, 0.2) is 0 Å². The van der Waals surface area contributed by atoms with E-state index in [1.165, 1.54) is 30.0 Å². The molecule has 1 atom stereocenters. The fraction of sp³-hybridized carbons (Fsp3) is 0.391. The molecule has 0 fully saturated rings. The van der Waals surface area contributed by atoms with Gasteiger partial charge in [0.2, 0.25) is 21.8 Å². The Morgan fingerprint density at radius 2 is 1.76 bits per heavy atom. The molecule has 180 valence electrons. The average Bonchev–Trinajstić information content (AvgIpc) is 2.71. The smallest absolute Gasteiger partial charge is 0.244 e. The lowest BCUT2D eigenvalue weighted by atomic mass is 10.1. The molecule has 0 bridgehead atoms. The van der Waals surface area contributed by atoms with Gasteiger partial charge in [0.05, 0.1) is 11.9 Å². The first kappa shape index (κ1) is 26.8. The highest BCUT2D eigenvalue weighted by atomic mass is 79.9. The van der Waals surface area contributed by atoms with Crippen LogP contribution in [0.2, 0.25) is 0 Å². The van der Waals surface area contributed by atoms with E-state index in [2.05, 4.69) is 21.2 Å². The molecule has 33 heavy (non-hydrogen) atoms. The summed E-state index contributed by atoms with van der Waals surface area (Å²) < 4.78 is 41.2. The van der Waals surface area contributed by atoms with Crippen molar-refractivity contribution in [2.24, 2.45) is 0 Å². The van der Waals surface area contributed by atoms with Crippen molar-refractivity contribution in [3.8, 4) is 0 Å². The molecule has 0 heterocycles. The van der Waals surface area contributed by atoms with Crippen molar-refractivity contribution in [3.63, 3.8) is 0 Å². The first-order chi connectivity index (χ1) is 15.3. The van der Waals surface area contributed by atoms with E-state index in [0.717, 1.165) is 20.6 Å². The number of hydrogen-bond acceptors (Lipinski definition) is 4. The Labute approximate surface area is 203 Å². The van der Waals surface area contributed by atoms with E-state index >= 15 is 0 Å². The molecule has 2 amide bonds. The van der Waals surface area contributed by atoms with Crippen LogP contribution in [-0.2, 0) is 26.2 Å². The number of aryl methyl sites for hydroxylation is 1. The first-order valence-electron chi connectivity index (χ1n) is 10.4. The van der Waals surface area contributed by atoms with Crippen LogP contribution in [0.1, 0.15) is 31.9 Å². The van der Waals surface area contributed by atoms with Gasteiger partial charge in [-0.25, -0.2) is 12.8 Å². The highest BCUT2D eigenvalue weighted by Gasteiger charge is 2.30. The maximum absolute atomic E-state index is 14.3. The summed E-state index contributed by atoms with van der Waals surface area (Å²) >= 11 is 3.38. The van der Waals surface area contributed by atoms with Crippen LogP contribution >= 0.6 is 15.9 Å². The molecule has 1 unspecified atom stereocenters. The van der Waals surface area contributed by atoms with Gasteiger partial charge in [0.25, 0.3) is 0 Å². The third-order valence-corrected chi connectivity index (χ3v) is 7.04. The normalized spacial score (nSPS) is 12.4. The standard InChI is InChI=1S/C23H29BrFN3O4S/c1-15(2)26-23(30)17(4)27(13-18-8-6-7-9-21(18)25)22(29)14-28(33(5,31)32)19-10-11-20(24)16(3)12-19/h6-12,15,17H,13-14H2,1-5H3,(H,26,30). The summed E-state index contributed by atoms with van der Waals surface area (Å²) in [6, 6.07) is 9.77. The third-order valence-electron chi connectivity index (χ3n) is 5.01. The van der Waals surface area contributed by atoms with Crippen molar-refractivity contribution >= 4 is 43.5 Å². The minimum atomic E-state index is -3.83. The van der Waals surface area contributed by atoms with E-state index in [4.69, 9.17) is 0 Å². The van der Waals surface area contributed by atoms with Gasteiger partial charge in [-0.1, -0.05) is 34.1 Å². The van der Waals surface area contributed by atoms with E-state index in [-0.39, 0.29) is 18.2 Å². The molecule has 2 aromatic rings. The van der Waals surface area contributed by atoms with Crippen molar-refractivity contribution in [2.45, 2.75) is 46.3 Å². The number of benzene rings is 2. The molecule has 1 N–H and O–H groups in total. The topological polar surface area (TPSA) is 86.8 Å². The number of nitrogens with one attached hydrogen (secondary N) is 1. The van der Waals surface area contributed by atoms with Crippen molar-refractivity contribution < 1.29 is 22.4 Å². The van der Waals surface area contributed by atoms with Crippen molar-refractivity contribution in [2.75, 3.05) is 17.1 Å². The van der Waals surface area contributed by atoms with Crippen LogP contribution < -0.4 is 9.62 Å². The Balaban J connectivity index is 2.43. The SMILES string of the molecule is Cc1cc(N(CC(=O)N(Cc2ccccc2F)C(C)C(=O)NC(C)C)S(C)(=O)=O)ccc1Br. The molecule has 0 saturated heterocycles. The molecule has 10 heteroatoms. The molecule has 2 aromatic carbocycles. The van der Waals surface area contributed by atoms with Gasteiger partial charge in [-0.15, -0.1) is 0 Å². The van der Waals surface area contributed by atoms with Gasteiger partial charge in [0, 0.05) is 22.6 Å². The molecule has 0 aliphatic rings. The first-order valence-corrected chi connectivity index (χ1v) is 13.0. The summed E-state index contributed by atoms with van der Waals surface area (Å²) in [5.74, 6) is -1.56. The summed E-state index contributed by atoms with van der Waals surface area (Å²) in [6.45, 7) is 6.19. The largest absolute Gasteiger partial charge is 0.352 e. The van der Waals surface area contributed by atoms with E-state index < -0.39 is 40.2 Å². The summed E-state index contributed by atoms with van der Waals surface area (Å²) in [4.78, 5) is 27.2. The lowest BCUT2D eigenvalue weighted by molar-refractivity contribution is -0.139. The predicted octanol–water partition coefficient (Wildman–Crippen LogP) is 3.60. The Morgan fingerprint density at radius 1 is 1.12 bits per heavy atom. The van der Waals surface area contributed by atoms with E-state index in [1.807, 2.05) is 0 Å². The monoisotopic (exact) mass is 541 g/mol. The molecule has 0 aliphatic carbocycles. The fourth-order valence-corrected chi connectivity index (χ4v) is 4.28. The quantitative estimate of drug-likeness (QED) is 0.525. The summed E-state index contributed by atoms with van der Waals surface area (Å²) in [5, 5.41) is 2.74. The molecule has 2 rings (SSSR count). The number of nitrogens with zero attached hydrogens (tertiary/aromatic N) is 2. The number of anilines is 1. The van der Waals surface area contributed by atoms with E-state index in [1.54, 1.807) is 45.0 Å². The van der Waals surface area contributed by atoms with Gasteiger partial charge < -0.3 is 10.2 Å². The van der Waals surface area contributed by atoms with Crippen LogP contribution in [0, 0.1) is 12.7 Å². The summed E-state index contributed by atoms with van der Waals surface area (Å²) in [7, 11) is -3.83. The maximum atomic E-state index is 14.3. The molecular formula is C23H29BrFN3O4S. The molecule has 0 radical (unpaired) electrons. The van der Waals surface area contributed by atoms with Crippen LogP contribution in [0.3, 0.4) is 0 Å². The van der Waals surface area contributed by atoms with Gasteiger partial charge >= 0.3 is 0 Å². The van der Waals surface area contributed by atoms with E-state index in [9.17, 15) is 22.4 Å². The van der Waals surface area contributed by atoms with Crippen LogP contribution in [0.4, 0.5) is 10.1 Å². The van der Waals surface area contributed by atoms with Gasteiger partial charge in [-0.05, 0) is 57.5 Å². The highest BCUT2D eigenvalue weighted by Crippen LogP contribution is 2.25. The number of sulfonamides is 1. The summed E-state index contributed by atoms with van der Waals surface area (Å²) in [5.41, 5.74) is 1.33. The zero-order chi connectivity index (χ0) is 24.9. The van der Waals surface area contributed by atoms with Crippen LogP contribution in [0.5, 0.6) is 0 Å². The fourth-order valence-electron chi connectivity index (χ4n) is 3.20. The number of carbonyl (C=O) groups is 2. The molecular weight excluding hydrogens is 513 g/mol. The summed E-state index contributed by atoms with van der Waals surface area (Å²) in [6.07, 6.45) is 1.01. The molecule has 0 aromatic heterocycles. The van der Waals surface area contributed by atoms with E-state index in [0.29, 0.717) is 5.69 Å². The maximum Gasteiger partial charge on any atom is 0.244 e. The van der Waals surface area contributed by atoms with Gasteiger partial charge in [-0.2, -0.15) is 0 Å². The molecule has 0 saturated carbocycles. The number of hydrogen-bond donors (Lipinski definition) is 1. The lowest BCUT2D eigenvalue weighted by Crippen LogP contribution is -2.52. The number of rotatable bonds is 9. The second kappa shape index (κ2) is 11.1.